The zero-order chi connectivity index (χ0) is 24.0. The molecule has 0 aromatic heterocycles. The molecule has 31 heavy (non-hydrogen) atoms. The summed E-state index contributed by atoms with van der Waals surface area (Å²) in [4.78, 5) is 62.6. The summed E-state index contributed by atoms with van der Waals surface area (Å²) in [5.74, 6) is -2.57. The Morgan fingerprint density at radius 1 is 0.968 bits per heavy atom. The second kappa shape index (κ2) is 11.2. The van der Waals surface area contributed by atoms with E-state index < -0.39 is 54.0 Å². The monoisotopic (exact) mass is 441 g/mol. The van der Waals surface area contributed by atoms with Crippen molar-refractivity contribution in [1.82, 2.24) is 26.2 Å². The van der Waals surface area contributed by atoms with E-state index >= 15 is 0 Å². The maximum absolute atomic E-state index is 13.0. The standard InChI is InChI=1S/C20H35N5O6/c1-9(2)16(25(7)20(31)11(4)22-17(28)10(3)21-6)19(30)24-15(12(5)26)18(29)23-13-8-14(13)27/h9-13,15-16,21,26H,8H2,1-7H3,(H,22,28)(H,23,29)(H,24,30)/t10?,11?,12-,13?,15?,16?/m1/s1. The van der Waals surface area contributed by atoms with Gasteiger partial charge in [0, 0.05) is 13.5 Å². The Balaban J connectivity index is 2.88. The van der Waals surface area contributed by atoms with Crippen LogP contribution in [-0.2, 0) is 24.0 Å². The maximum Gasteiger partial charge on any atom is 0.245 e. The highest BCUT2D eigenvalue weighted by Crippen LogP contribution is 2.15. The van der Waals surface area contributed by atoms with Crippen molar-refractivity contribution in [3.8, 4) is 0 Å². The predicted octanol–water partition coefficient (Wildman–Crippen LogP) is -2.09. The molecule has 176 valence electrons. The summed E-state index contributed by atoms with van der Waals surface area (Å²) < 4.78 is 0. The van der Waals surface area contributed by atoms with Crippen molar-refractivity contribution in [2.75, 3.05) is 14.1 Å². The lowest BCUT2D eigenvalue weighted by Gasteiger charge is -2.33. The van der Waals surface area contributed by atoms with E-state index in [1.165, 1.54) is 25.8 Å². The third-order valence-corrected chi connectivity index (χ3v) is 5.23. The van der Waals surface area contributed by atoms with E-state index in [4.69, 9.17) is 0 Å². The zero-order valence-corrected chi connectivity index (χ0v) is 19.2. The first-order valence-corrected chi connectivity index (χ1v) is 10.4. The van der Waals surface area contributed by atoms with E-state index in [1.54, 1.807) is 27.8 Å². The third kappa shape index (κ3) is 7.28. The van der Waals surface area contributed by atoms with E-state index in [0.717, 1.165) is 0 Å². The third-order valence-electron chi connectivity index (χ3n) is 5.23. The lowest BCUT2D eigenvalue weighted by atomic mass is 10.00. The summed E-state index contributed by atoms with van der Waals surface area (Å²) in [6, 6.07) is -4.18. The van der Waals surface area contributed by atoms with E-state index in [0.29, 0.717) is 0 Å². The molecule has 1 rings (SSSR count). The smallest absolute Gasteiger partial charge is 0.245 e. The zero-order valence-electron chi connectivity index (χ0n) is 19.2. The average molecular weight is 442 g/mol. The number of ketones is 1. The minimum atomic E-state index is -1.28. The van der Waals surface area contributed by atoms with Crippen LogP contribution in [0.1, 0.15) is 41.0 Å². The molecule has 1 fully saturated rings. The van der Waals surface area contributed by atoms with Crippen molar-refractivity contribution < 1.29 is 29.1 Å². The van der Waals surface area contributed by atoms with Crippen molar-refractivity contribution in [3.63, 3.8) is 0 Å². The van der Waals surface area contributed by atoms with Gasteiger partial charge >= 0.3 is 0 Å². The molecule has 5 N–H and O–H groups in total. The van der Waals surface area contributed by atoms with E-state index in [2.05, 4.69) is 21.3 Å². The van der Waals surface area contributed by atoms with Crippen LogP contribution in [0.15, 0.2) is 0 Å². The van der Waals surface area contributed by atoms with Crippen LogP contribution >= 0.6 is 0 Å². The van der Waals surface area contributed by atoms with Crippen molar-refractivity contribution >= 4 is 29.4 Å². The Labute approximate surface area is 182 Å². The number of nitrogens with one attached hydrogen (secondary N) is 4. The quantitative estimate of drug-likeness (QED) is 0.246. The van der Waals surface area contributed by atoms with Gasteiger partial charge in [0.1, 0.15) is 18.1 Å². The predicted molar refractivity (Wildman–Crippen MR) is 113 cm³/mol. The first-order valence-electron chi connectivity index (χ1n) is 10.4. The number of likely N-dealkylation sites (N-methyl/N-ethyl adjacent to an activating group) is 2. The van der Waals surface area contributed by atoms with E-state index in [1.807, 2.05) is 0 Å². The van der Waals surface area contributed by atoms with Crippen LogP contribution in [0.4, 0.5) is 0 Å². The average Bonchev–Trinajstić information content (AvgIpc) is 3.37. The first-order chi connectivity index (χ1) is 14.3. The highest BCUT2D eigenvalue weighted by Gasteiger charge is 2.40. The fraction of sp³-hybridized carbons (Fsp3) is 0.750. The Hall–Kier alpha value is -2.53. The van der Waals surface area contributed by atoms with Gasteiger partial charge in [-0.2, -0.15) is 0 Å². The Morgan fingerprint density at radius 2 is 1.52 bits per heavy atom. The molecule has 1 aliphatic rings. The van der Waals surface area contributed by atoms with E-state index in [9.17, 15) is 29.1 Å². The number of Topliss-reactive ketones (excluding diaryl/α,β-unsaturated/α-hetero) is 1. The topological polar surface area (TPSA) is 157 Å². The number of nitrogens with zero attached hydrogens (tertiary/aromatic N) is 1. The molecule has 5 unspecified atom stereocenters. The van der Waals surface area contributed by atoms with Gasteiger partial charge < -0.3 is 31.3 Å². The Kier molecular flexibility index (Phi) is 9.57. The molecular formula is C20H35N5O6. The van der Waals surface area contributed by atoms with Gasteiger partial charge in [-0.1, -0.05) is 13.8 Å². The fourth-order valence-electron chi connectivity index (χ4n) is 3.08. The Bertz CT molecular complexity index is 710. The number of amides is 4. The van der Waals surface area contributed by atoms with Crippen LogP contribution in [0.3, 0.4) is 0 Å². The minimum absolute atomic E-state index is 0.113. The molecule has 11 nitrogen and oxygen atoms in total. The molecule has 0 aliphatic heterocycles. The molecular weight excluding hydrogens is 406 g/mol. The van der Waals surface area contributed by atoms with Crippen LogP contribution < -0.4 is 21.3 Å². The highest BCUT2D eigenvalue weighted by molar-refractivity contribution is 6.04. The second-order valence-electron chi connectivity index (χ2n) is 8.34. The SMILES string of the molecule is CNC(C)C(=O)NC(C)C(=O)N(C)C(C(=O)NC(C(=O)NC1CC1=O)[C@@H](C)O)C(C)C. The molecule has 1 aliphatic carbocycles. The normalized spacial score (nSPS) is 20.2. The lowest BCUT2D eigenvalue weighted by Crippen LogP contribution is -2.60. The maximum atomic E-state index is 13.0. The van der Waals surface area contributed by atoms with Crippen LogP contribution in [-0.4, -0.2) is 89.8 Å². The molecule has 0 heterocycles. The molecule has 0 spiro atoms. The molecule has 0 radical (unpaired) electrons. The number of hydrogen-bond donors (Lipinski definition) is 5. The number of carbonyl (C=O) groups is 5. The van der Waals surface area contributed by atoms with Gasteiger partial charge in [-0.25, -0.2) is 0 Å². The molecule has 0 aromatic carbocycles. The number of rotatable bonds is 11. The van der Waals surface area contributed by atoms with Crippen LogP contribution in [0.5, 0.6) is 0 Å². The minimum Gasteiger partial charge on any atom is -0.391 e. The molecule has 11 heteroatoms. The summed E-state index contributed by atoms with van der Waals surface area (Å²) in [5.41, 5.74) is 0. The summed E-state index contributed by atoms with van der Waals surface area (Å²) in [6.07, 6.45) is -0.985. The van der Waals surface area contributed by atoms with Crippen LogP contribution in [0, 0.1) is 5.92 Å². The summed E-state index contributed by atoms with van der Waals surface area (Å²) >= 11 is 0. The van der Waals surface area contributed by atoms with Gasteiger partial charge in [0.15, 0.2) is 5.78 Å². The number of hydrogen-bond acceptors (Lipinski definition) is 7. The first kappa shape index (κ1) is 26.5. The number of aliphatic hydroxyl groups excluding tert-OH is 1. The largest absolute Gasteiger partial charge is 0.391 e. The van der Waals surface area contributed by atoms with Gasteiger partial charge in [0.25, 0.3) is 0 Å². The van der Waals surface area contributed by atoms with E-state index in [-0.39, 0.29) is 24.0 Å². The summed E-state index contributed by atoms with van der Waals surface area (Å²) in [7, 11) is 3.06. The van der Waals surface area contributed by atoms with Crippen molar-refractivity contribution in [1.29, 1.82) is 0 Å². The van der Waals surface area contributed by atoms with Gasteiger partial charge in [0.2, 0.25) is 23.6 Å². The highest BCUT2D eigenvalue weighted by atomic mass is 16.3. The summed E-state index contributed by atoms with van der Waals surface area (Å²) in [6.45, 7) is 7.99. The fourth-order valence-corrected chi connectivity index (χ4v) is 3.08. The molecule has 0 bridgehead atoms. The second-order valence-corrected chi connectivity index (χ2v) is 8.34. The van der Waals surface area contributed by atoms with Crippen molar-refractivity contribution in [2.45, 2.75) is 77.4 Å². The van der Waals surface area contributed by atoms with Crippen molar-refractivity contribution in [3.05, 3.63) is 0 Å². The molecule has 0 aromatic rings. The van der Waals surface area contributed by atoms with Gasteiger partial charge in [-0.05, 0) is 33.7 Å². The summed E-state index contributed by atoms with van der Waals surface area (Å²) in [5, 5.41) is 20.3. The molecule has 4 amide bonds. The van der Waals surface area contributed by atoms with Gasteiger partial charge in [-0.15, -0.1) is 0 Å². The number of carbonyl (C=O) groups excluding carboxylic acids is 5. The van der Waals surface area contributed by atoms with Gasteiger partial charge in [-0.3, -0.25) is 24.0 Å². The number of aliphatic hydroxyl groups is 1. The van der Waals surface area contributed by atoms with Gasteiger partial charge in [0.05, 0.1) is 18.2 Å². The van der Waals surface area contributed by atoms with Crippen LogP contribution in [0.25, 0.3) is 0 Å². The molecule has 0 saturated heterocycles. The molecule has 6 atom stereocenters. The lowest BCUT2D eigenvalue weighted by molar-refractivity contribution is -0.144. The Morgan fingerprint density at radius 3 is 1.94 bits per heavy atom. The van der Waals surface area contributed by atoms with Crippen molar-refractivity contribution in [2.24, 2.45) is 5.92 Å². The van der Waals surface area contributed by atoms with Crippen LogP contribution in [0.2, 0.25) is 0 Å². The molecule has 1 saturated carbocycles.